The number of fused-ring (bicyclic) bond motifs is 1. The van der Waals surface area contributed by atoms with Gasteiger partial charge in [-0.1, -0.05) is 13.8 Å². The molecule has 2 aromatic carbocycles. The van der Waals surface area contributed by atoms with Gasteiger partial charge in [-0.05, 0) is 42.5 Å². The first-order valence-electron chi connectivity index (χ1n) is 8.69. The number of nitrogens with one attached hydrogen (secondary N) is 1. The predicted octanol–water partition coefficient (Wildman–Crippen LogP) is 4.31. The Labute approximate surface area is 169 Å². The van der Waals surface area contributed by atoms with Crippen molar-refractivity contribution in [2.45, 2.75) is 24.0 Å². The molecule has 1 aliphatic rings. The van der Waals surface area contributed by atoms with Crippen molar-refractivity contribution < 1.29 is 18.5 Å². The van der Waals surface area contributed by atoms with Gasteiger partial charge in [0.25, 0.3) is 5.91 Å². The van der Waals surface area contributed by atoms with E-state index in [0.717, 1.165) is 11.3 Å². The number of thiazole rings is 1. The molecule has 3 aromatic rings. The van der Waals surface area contributed by atoms with Gasteiger partial charge in [-0.25, -0.2) is 4.98 Å². The highest BCUT2D eigenvalue weighted by atomic mass is 32.2. The van der Waals surface area contributed by atoms with E-state index in [1.807, 2.05) is 37.4 Å². The van der Waals surface area contributed by atoms with E-state index in [4.69, 9.17) is 9.47 Å². The molecule has 0 saturated heterocycles. The van der Waals surface area contributed by atoms with Crippen LogP contribution in [0.25, 0.3) is 11.3 Å². The molecule has 0 radical (unpaired) electrons. The van der Waals surface area contributed by atoms with Crippen LogP contribution in [0.1, 0.15) is 24.2 Å². The largest absolute Gasteiger partial charge is 0.454 e. The van der Waals surface area contributed by atoms with Crippen LogP contribution in [0.3, 0.4) is 0 Å². The van der Waals surface area contributed by atoms with Gasteiger partial charge in [0.05, 0.1) is 16.5 Å². The molecule has 0 aliphatic carbocycles. The quantitative estimate of drug-likeness (QED) is 0.673. The van der Waals surface area contributed by atoms with Crippen LogP contribution in [-0.2, 0) is 10.8 Å². The highest BCUT2D eigenvalue weighted by molar-refractivity contribution is 7.85. The lowest BCUT2D eigenvalue weighted by atomic mass is 10.1. The van der Waals surface area contributed by atoms with Crippen LogP contribution in [0, 0.1) is 0 Å². The van der Waals surface area contributed by atoms with E-state index in [1.165, 1.54) is 11.3 Å². The third kappa shape index (κ3) is 3.79. The first-order chi connectivity index (χ1) is 13.5. The van der Waals surface area contributed by atoms with Crippen LogP contribution >= 0.6 is 11.3 Å². The molecule has 6 nitrogen and oxygen atoms in total. The molecule has 1 aromatic heterocycles. The summed E-state index contributed by atoms with van der Waals surface area (Å²) in [6.07, 6.45) is 0. The summed E-state index contributed by atoms with van der Waals surface area (Å²) in [4.78, 5) is 17.7. The number of hydrogen-bond donors (Lipinski definition) is 1. The van der Waals surface area contributed by atoms with Gasteiger partial charge >= 0.3 is 0 Å². The highest BCUT2D eigenvalue weighted by Gasteiger charge is 2.16. The molecule has 0 bridgehead atoms. The molecule has 0 fully saturated rings. The van der Waals surface area contributed by atoms with Crippen molar-refractivity contribution in [3.8, 4) is 22.8 Å². The molecule has 144 valence electrons. The minimum absolute atomic E-state index is 0.0320. The fraction of sp³-hybridized carbons (Fsp3) is 0.200. The SMILES string of the molecule is CC(C)S(=O)c1ccc(C(=O)Nc2nc(-c3ccc4c(c3)OCO4)cs2)cc1. The first kappa shape index (κ1) is 18.6. The molecular formula is C20H18N2O4S2. The number of anilines is 1. The topological polar surface area (TPSA) is 77.5 Å². The molecule has 1 atom stereocenters. The molecule has 1 aliphatic heterocycles. The number of aromatic nitrogens is 1. The molecule has 4 rings (SSSR count). The maximum Gasteiger partial charge on any atom is 0.257 e. The predicted molar refractivity (Wildman–Crippen MR) is 110 cm³/mol. The second-order valence-electron chi connectivity index (χ2n) is 6.43. The van der Waals surface area contributed by atoms with Crippen molar-refractivity contribution in [2.24, 2.45) is 0 Å². The summed E-state index contributed by atoms with van der Waals surface area (Å²) in [7, 11) is -1.07. The molecule has 1 N–H and O–H groups in total. The summed E-state index contributed by atoms with van der Waals surface area (Å²) >= 11 is 1.35. The number of hydrogen-bond acceptors (Lipinski definition) is 6. The van der Waals surface area contributed by atoms with Crippen molar-refractivity contribution in [2.75, 3.05) is 12.1 Å². The zero-order valence-corrected chi connectivity index (χ0v) is 16.9. The molecule has 1 amide bonds. The summed E-state index contributed by atoms with van der Waals surface area (Å²) in [6.45, 7) is 4.02. The summed E-state index contributed by atoms with van der Waals surface area (Å²) in [5, 5.41) is 5.22. The Kier molecular flexibility index (Phi) is 5.15. The van der Waals surface area contributed by atoms with Crippen molar-refractivity contribution in [3.63, 3.8) is 0 Å². The highest BCUT2D eigenvalue weighted by Crippen LogP contribution is 2.36. The van der Waals surface area contributed by atoms with Crippen LogP contribution in [-0.4, -0.2) is 27.1 Å². The van der Waals surface area contributed by atoms with Crippen LogP contribution in [0.2, 0.25) is 0 Å². The molecule has 0 spiro atoms. The lowest BCUT2D eigenvalue weighted by Crippen LogP contribution is -2.12. The van der Waals surface area contributed by atoms with Crippen LogP contribution in [0.4, 0.5) is 5.13 Å². The molecular weight excluding hydrogens is 396 g/mol. The second-order valence-corrected chi connectivity index (χ2v) is 9.30. The number of amides is 1. The average molecular weight is 415 g/mol. The maximum absolute atomic E-state index is 12.5. The van der Waals surface area contributed by atoms with Gasteiger partial charge in [0.1, 0.15) is 0 Å². The van der Waals surface area contributed by atoms with Crippen LogP contribution in [0.5, 0.6) is 11.5 Å². The minimum Gasteiger partial charge on any atom is -0.454 e. The number of carbonyl (C=O) groups excluding carboxylic acids is 1. The Morgan fingerprint density at radius 3 is 2.64 bits per heavy atom. The Bertz CT molecular complexity index is 1040. The van der Waals surface area contributed by atoms with Crippen molar-refractivity contribution in [1.82, 2.24) is 4.98 Å². The molecule has 1 unspecified atom stereocenters. The van der Waals surface area contributed by atoms with E-state index >= 15 is 0 Å². The minimum atomic E-state index is -1.07. The number of rotatable bonds is 5. The Hall–Kier alpha value is -2.71. The van der Waals surface area contributed by atoms with Crippen molar-refractivity contribution >= 4 is 33.2 Å². The second kappa shape index (κ2) is 7.73. The summed E-state index contributed by atoms with van der Waals surface area (Å²) in [5.41, 5.74) is 2.13. The van der Waals surface area contributed by atoms with Crippen molar-refractivity contribution in [1.29, 1.82) is 0 Å². The lowest BCUT2D eigenvalue weighted by Gasteiger charge is -2.06. The number of carbonyl (C=O) groups is 1. The normalized spacial score (nSPS) is 13.5. The van der Waals surface area contributed by atoms with E-state index in [9.17, 15) is 9.00 Å². The molecule has 8 heteroatoms. The van der Waals surface area contributed by atoms with E-state index in [0.29, 0.717) is 27.1 Å². The zero-order chi connectivity index (χ0) is 19.7. The van der Waals surface area contributed by atoms with Gasteiger partial charge in [0, 0.05) is 26.7 Å². The van der Waals surface area contributed by atoms with Gasteiger partial charge in [0.15, 0.2) is 16.6 Å². The van der Waals surface area contributed by atoms with E-state index in [2.05, 4.69) is 10.3 Å². The fourth-order valence-corrected chi connectivity index (χ4v) is 4.36. The summed E-state index contributed by atoms with van der Waals surface area (Å²) < 4.78 is 22.8. The Morgan fingerprint density at radius 1 is 1.14 bits per heavy atom. The van der Waals surface area contributed by atoms with Gasteiger partial charge in [-0.15, -0.1) is 11.3 Å². The standard InChI is InChI=1S/C20H18N2O4S2/c1-12(2)28(24)15-6-3-13(4-7-15)19(23)22-20-21-16(10-27-20)14-5-8-17-18(9-14)26-11-25-17/h3-10,12H,11H2,1-2H3,(H,21,22,23). The van der Waals surface area contributed by atoms with Gasteiger partial charge in [-0.3, -0.25) is 14.3 Å². The fourth-order valence-electron chi connectivity index (χ4n) is 2.70. The third-order valence-electron chi connectivity index (χ3n) is 4.17. The average Bonchev–Trinajstić information content (AvgIpc) is 3.36. The van der Waals surface area contributed by atoms with Gasteiger partial charge in [-0.2, -0.15) is 0 Å². The van der Waals surface area contributed by atoms with E-state index in [1.54, 1.807) is 24.3 Å². The molecule has 2 heterocycles. The summed E-state index contributed by atoms with van der Waals surface area (Å²) in [6, 6.07) is 12.4. The van der Waals surface area contributed by atoms with E-state index < -0.39 is 10.8 Å². The molecule has 0 saturated carbocycles. The third-order valence-corrected chi connectivity index (χ3v) is 6.52. The van der Waals surface area contributed by atoms with Crippen LogP contribution < -0.4 is 14.8 Å². The molecule has 28 heavy (non-hydrogen) atoms. The number of benzene rings is 2. The smallest absolute Gasteiger partial charge is 0.257 e. The number of nitrogens with zero attached hydrogens (tertiary/aromatic N) is 1. The lowest BCUT2D eigenvalue weighted by molar-refractivity contribution is 0.102. The van der Waals surface area contributed by atoms with Gasteiger partial charge in [0.2, 0.25) is 6.79 Å². The Balaban J connectivity index is 1.46. The van der Waals surface area contributed by atoms with Gasteiger partial charge < -0.3 is 9.47 Å². The van der Waals surface area contributed by atoms with E-state index in [-0.39, 0.29) is 18.0 Å². The summed E-state index contributed by atoms with van der Waals surface area (Å²) in [5.74, 6) is 1.15. The number of ether oxygens (including phenoxy) is 2. The van der Waals surface area contributed by atoms with Crippen molar-refractivity contribution in [3.05, 3.63) is 53.4 Å². The monoisotopic (exact) mass is 414 g/mol. The maximum atomic E-state index is 12.5. The van der Waals surface area contributed by atoms with Crippen LogP contribution in [0.15, 0.2) is 52.7 Å². The first-order valence-corrected chi connectivity index (χ1v) is 10.8. The Morgan fingerprint density at radius 2 is 1.89 bits per heavy atom. The zero-order valence-electron chi connectivity index (χ0n) is 15.3.